The molecular weight excluding hydrogens is 1460 g/mol. The second kappa shape index (κ2) is 35.9. The molecule has 0 amide bonds. The van der Waals surface area contributed by atoms with Gasteiger partial charge in [-0.3, -0.25) is 4.18 Å². The molecule has 30 heterocycles. The van der Waals surface area contributed by atoms with Gasteiger partial charge in [0.05, 0.1) is 52.9 Å². The van der Waals surface area contributed by atoms with Gasteiger partial charge in [0.15, 0.2) is 50.3 Å². The van der Waals surface area contributed by atoms with Gasteiger partial charge in [-0.2, -0.15) is 8.42 Å². The van der Waals surface area contributed by atoms with Crippen molar-refractivity contribution in [2.75, 3.05) is 52.9 Å². The Labute approximate surface area is 605 Å². The largest absolute Gasteiger partial charge is 0.394 e. The van der Waals surface area contributed by atoms with E-state index >= 15 is 0 Å². The van der Waals surface area contributed by atoms with Crippen molar-refractivity contribution >= 4 is 10.1 Å². The summed E-state index contributed by atoms with van der Waals surface area (Å²) in [5, 5.41) is 260. The Morgan fingerprint density at radius 1 is 0.274 bits per heavy atom. The van der Waals surface area contributed by atoms with Gasteiger partial charge < -0.3 is 193 Å². The van der Waals surface area contributed by atoms with Crippen LogP contribution in [0.3, 0.4) is 0 Å². The van der Waals surface area contributed by atoms with Crippen LogP contribution in [0.25, 0.3) is 0 Å². The lowest BCUT2D eigenvalue weighted by Gasteiger charge is -2.50. The molecule has 31 rings (SSSR count). The highest BCUT2D eigenvalue weighted by atomic mass is 32.2. The molecule has 1 aromatic carbocycles. The van der Waals surface area contributed by atoms with Crippen LogP contribution >= 0.6 is 0 Å². The average Bonchev–Trinajstić information content (AvgIpc) is 0.778. The van der Waals surface area contributed by atoms with Crippen molar-refractivity contribution in [3.8, 4) is 0 Å². The number of aliphatic hydroxyl groups is 23. The third-order valence-electron chi connectivity index (χ3n) is 20.4. The van der Waals surface area contributed by atoms with Crippen LogP contribution in [0.5, 0.6) is 0 Å². The number of hydrogen-bond acceptors (Lipinski definition) is 42. The summed E-state index contributed by atoms with van der Waals surface area (Å²) in [6.45, 7) is 1.76. The summed E-state index contributed by atoms with van der Waals surface area (Å²) in [5.41, 5.74) is 1.48. The van der Waals surface area contributed by atoms with E-state index in [2.05, 4.69) is 0 Å². The Balaban J connectivity index is 0.962. The molecule has 30 aliphatic rings. The van der Waals surface area contributed by atoms with Crippen LogP contribution in [-0.2, 0) is 90.1 Å². The van der Waals surface area contributed by atoms with Gasteiger partial charge in [-0.25, -0.2) is 0 Å². The quantitative estimate of drug-likeness (QED) is 0.0769. The van der Waals surface area contributed by atoms with E-state index in [4.69, 9.17) is 80.0 Å². The highest BCUT2D eigenvalue weighted by Gasteiger charge is 2.61. The van der Waals surface area contributed by atoms with Gasteiger partial charge >= 0.3 is 0 Å². The Hall–Kier alpha value is -2.43. The molecule has 23 N–H and O–H groups in total. The van der Waals surface area contributed by atoms with E-state index in [9.17, 15) is 126 Å². The smallest absolute Gasteiger partial charge is 0.297 e. The molecule has 30 fully saturated rings. The third-order valence-corrected chi connectivity index (χ3v) is 21.9. The molecule has 30 saturated heterocycles. The molecule has 0 aliphatic carbocycles. The number of rotatable bonds is 14. The highest BCUT2D eigenvalue weighted by Crippen LogP contribution is 2.42. The minimum atomic E-state index is -4.94. The summed E-state index contributed by atoms with van der Waals surface area (Å²) >= 11 is 0. The first kappa shape index (κ1) is 86.0. The van der Waals surface area contributed by atoms with Crippen LogP contribution in [0.1, 0.15) is 76.0 Å². The van der Waals surface area contributed by atoms with Crippen LogP contribution in [-0.4, -0.2) is 424 Å². The molecule has 0 aromatic heterocycles. The van der Waals surface area contributed by atoms with Crippen molar-refractivity contribution in [1.29, 1.82) is 0 Å². The van der Waals surface area contributed by atoms with E-state index in [-0.39, 0.29) is 10.8 Å². The molecule has 0 spiro atoms. The first-order valence-electron chi connectivity index (χ1n) is 34.8. The fraction of sp³-hybridized carbons (Fsp3) is 0.905. The van der Waals surface area contributed by atoms with Gasteiger partial charge in [-0.1, -0.05) is 53.7 Å². The standard InChI is InChI=1S/C63H102O42S/c1-17(2)20-7-21(18(3)4)55(22(8-20)19(5)6)106(87,88)89-16-30-54-38(78)46(86)63(97-30)104-53-29(15-70)95-61(44(84)36(53)76)102-51-27(13-68)93-59(42(82)34(51)74)100-49-25(11-66)91-57(40(80)32(49)72)98-47-23(9-64)90-56(39(79)31(47)71)99-48-24(10-65)92-58(41(81)33(48)73)101-50-26(12-67)94-60(43(83)35(50)75)103-52-28(14-69)96-62(105-54)45(85)37(52)77/h7-8,17-19,23-54,56-86H,9-16H2,1-6H3/t23-,24-,25-,26-,27-,28-,29-,30-,31-,32-,33-,34-,35-,36-,37-,38-,39-,40-,41-,42-,43-,44-,45-,46-,47-,48-,49-,50-,51-,52-,53-,54-,56-,57-,58-,59-,60-,61-,62-,63-/m1/s1. The van der Waals surface area contributed by atoms with Crippen molar-refractivity contribution in [2.45, 2.75) is 310 Å². The van der Waals surface area contributed by atoms with Crippen molar-refractivity contribution in [1.82, 2.24) is 0 Å². The van der Waals surface area contributed by atoms with Gasteiger partial charge in [0, 0.05) is 0 Å². The second-order valence-corrected chi connectivity index (χ2v) is 30.1. The summed E-state index contributed by atoms with van der Waals surface area (Å²) < 4.78 is 129. The molecule has 0 unspecified atom stereocenters. The monoisotopic (exact) mass is 1560 g/mol. The summed E-state index contributed by atoms with van der Waals surface area (Å²) in [5.74, 6) is -0.942. The molecule has 40 atom stereocenters. The normalized spacial score (nSPS) is 48.3. The average molecular weight is 1560 g/mol. The Morgan fingerprint density at radius 3 is 0.604 bits per heavy atom. The molecule has 0 radical (unpaired) electrons. The van der Waals surface area contributed by atoms with Crippen LogP contribution in [0.15, 0.2) is 17.0 Å². The zero-order chi connectivity index (χ0) is 77.7. The lowest BCUT2D eigenvalue weighted by atomic mass is 9.89. The predicted octanol–water partition coefficient (Wildman–Crippen LogP) is -12.6. The maximum Gasteiger partial charge on any atom is 0.297 e. The van der Waals surface area contributed by atoms with E-state index < -0.39 is 320 Å². The van der Waals surface area contributed by atoms with Gasteiger partial charge in [-0.15, -0.1) is 0 Å². The third kappa shape index (κ3) is 17.3. The van der Waals surface area contributed by atoms with E-state index in [1.165, 1.54) is 0 Å². The maximum absolute atomic E-state index is 14.8. The Kier molecular flexibility index (Phi) is 29.2. The zero-order valence-corrected chi connectivity index (χ0v) is 58.9. The fourth-order valence-corrected chi connectivity index (χ4v) is 15.9. The lowest BCUT2D eigenvalue weighted by molar-refractivity contribution is -0.404. The van der Waals surface area contributed by atoms with Gasteiger partial charge in [0.2, 0.25) is 0 Å². The van der Waals surface area contributed by atoms with Crippen molar-refractivity contribution in [3.63, 3.8) is 0 Å². The minimum absolute atomic E-state index is 0.0685. The Morgan fingerprint density at radius 2 is 0.443 bits per heavy atom. The van der Waals surface area contributed by atoms with Gasteiger partial charge in [0.1, 0.15) is 200 Å². The van der Waals surface area contributed by atoms with Crippen LogP contribution < -0.4 is 0 Å². The summed E-state index contributed by atoms with van der Waals surface area (Å²) in [4.78, 5) is -0.233. The molecule has 30 aliphatic heterocycles. The lowest BCUT2D eigenvalue weighted by Crippen LogP contribution is -2.69. The molecule has 42 nitrogen and oxygen atoms in total. The van der Waals surface area contributed by atoms with E-state index in [1.807, 2.05) is 13.8 Å². The number of ether oxygens (including phenoxy) is 16. The SMILES string of the molecule is CC(C)c1cc(C(C)C)c(S(=O)(=O)OC[C@H]2O[C@@H]3O[C@H]4[C@H](O)[C@@H](O)[C@@H](O[C@H]5[C@H](O)[C@@H](O)[C@@H](O[C@H]6[C@H](O)[C@@H](O)[C@@H](O[C@H]7[C@H](O)[C@@H](O)[C@@H](O[C@H]8[C@H](O)[C@@H](O)[C@@H](O[C@H]9[C@H](O)[C@@H](O)[C@@H](O[C@H]%10[C@H](O)[C@@H](O)[C@@H](O[C@H]2[C@H](O)[C@H]3O)O[C@@H]%10CO)O[C@@H]9CO)O[C@@H]8CO)O[C@@H]7CO)O[C@@H]6CO)O[C@@H]5CO)O[C@@H]4CO)c(C(C)C)c1. The van der Waals surface area contributed by atoms with Crippen molar-refractivity contribution in [2.24, 2.45) is 0 Å². The fourth-order valence-electron chi connectivity index (χ4n) is 14.3. The van der Waals surface area contributed by atoms with Crippen LogP contribution in [0, 0.1) is 0 Å². The van der Waals surface area contributed by atoms with Crippen molar-refractivity contribution in [3.05, 3.63) is 28.8 Å². The zero-order valence-electron chi connectivity index (χ0n) is 58.1. The molecule has 0 saturated carbocycles. The second-order valence-electron chi connectivity index (χ2n) is 28.5. The molecular formula is C63H102O42S. The van der Waals surface area contributed by atoms with Gasteiger partial charge in [0.25, 0.3) is 10.1 Å². The number of hydrogen-bond donors (Lipinski definition) is 23. The first-order valence-corrected chi connectivity index (χ1v) is 36.2. The molecule has 1 aromatic rings. The molecule has 16 bridgehead atoms. The molecule has 106 heavy (non-hydrogen) atoms. The maximum atomic E-state index is 14.8. The van der Waals surface area contributed by atoms with Crippen LogP contribution in [0.4, 0.5) is 0 Å². The van der Waals surface area contributed by atoms with E-state index in [0.717, 1.165) is 5.56 Å². The van der Waals surface area contributed by atoms with E-state index in [1.54, 1.807) is 39.8 Å². The summed E-state index contributed by atoms with van der Waals surface area (Å²) in [6.07, 6.45) is -85.1. The minimum Gasteiger partial charge on any atom is -0.394 e. The topological polar surface area (TPSA) is 656 Å². The van der Waals surface area contributed by atoms with Crippen molar-refractivity contribution < 1.29 is 206 Å². The summed E-state index contributed by atoms with van der Waals surface area (Å²) in [6, 6.07) is 3.41. The highest BCUT2D eigenvalue weighted by molar-refractivity contribution is 7.86. The molecule has 43 heteroatoms. The predicted molar refractivity (Wildman–Crippen MR) is 336 cm³/mol. The number of benzene rings is 1. The Bertz CT molecular complexity index is 3010. The number of aliphatic hydroxyl groups excluding tert-OH is 23. The van der Waals surface area contributed by atoms with Crippen LogP contribution in [0.2, 0.25) is 0 Å². The molecule has 612 valence electrons. The van der Waals surface area contributed by atoms with E-state index in [0.29, 0.717) is 11.1 Å². The summed E-state index contributed by atoms with van der Waals surface area (Å²) in [7, 11) is -4.94. The first-order chi connectivity index (χ1) is 50.1. The van der Waals surface area contributed by atoms with Gasteiger partial charge in [-0.05, 0) is 34.4 Å².